The van der Waals surface area contributed by atoms with Crippen LogP contribution in [0.1, 0.15) is 39.5 Å². The van der Waals surface area contributed by atoms with E-state index in [4.69, 9.17) is 0 Å². The topological polar surface area (TPSA) is 29.4 Å². The Bertz CT molecular complexity index is 174. The molecular weight excluding hydrogens is 138 g/mol. The number of nitrogens with zero attached hydrogens (tertiary/aromatic N) is 1. The molecule has 0 aromatic heterocycles. The van der Waals surface area contributed by atoms with E-state index < -0.39 is 0 Å². The molecule has 1 aliphatic rings. The normalized spacial score (nSPS) is 21.7. The van der Waals surface area contributed by atoms with Crippen LogP contribution in [0, 0.1) is 5.92 Å². The molecule has 2 heteroatoms. The average Bonchev–Trinajstić information content (AvgIpc) is 2.38. The van der Waals surface area contributed by atoms with E-state index in [2.05, 4.69) is 18.8 Å². The molecule has 0 spiro atoms. The van der Waals surface area contributed by atoms with Gasteiger partial charge in [0.15, 0.2) is 0 Å². The lowest BCUT2D eigenvalue weighted by atomic mass is 9.86. The zero-order valence-electron chi connectivity index (χ0n) is 7.26. The summed E-state index contributed by atoms with van der Waals surface area (Å²) in [6, 6.07) is 0. The van der Waals surface area contributed by atoms with E-state index in [0.717, 1.165) is 12.8 Å². The van der Waals surface area contributed by atoms with Crippen molar-refractivity contribution in [3.05, 3.63) is 0 Å². The molecule has 0 saturated heterocycles. The van der Waals surface area contributed by atoms with Gasteiger partial charge in [-0.2, -0.15) is 4.99 Å². The molecule has 0 aromatic carbocycles. The van der Waals surface area contributed by atoms with Crippen molar-refractivity contribution in [2.45, 2.75) is 45.1 Å². The largest absolute Gasteiger partial charge is 0.235 e. The van der Waals surface area contributed by atoms with Gasteiger partial charge in [-0.25, -0.2) is 4.79 Å². The maximum absolute atomic E-state index is 10.2. The molecule has 0 heterocycles. The van der Waals surface area contributed by atoms with E-state index in [1.165, 1.54) is 12.8 Å². The van der Waals surface area contributed by atoms with E-state index in [-0.39, 0.29) is 5.54 Å². The van der Waals surface area contributed by atoms with Gasteiger partial charge in [0.25, 0.3) is 0 Å². The smallest absolute Gasteiger partial charge is 0.211 e. The van der Waals surface area contributed by atoms with E-state index in [9.17, 15) is 4.79 Å². The number of hydrogen-bond donors (Lipinski definition) is 0. The first kappa shape index (κ1) is 8.48. The summed E-state index contributed by atoms with van der Waals surface area (Å²) >= 11 is 0. The lowest BCUT2D eigenvalue weighted by Crippen LogP contribution is -2.28. The van der Waals surface area contributed by atoms with E-state index >= 15 is 0 Å². The molecule has 11 heavy (non-hydrogen) atoms. The van der Waals surface area contributed by atoms with Crippen LogP contribution in [0.25, 0.3) is 0 Å². The first-order valence-electron chi connectivity index (χ1n) is 4.30. The Morgan fingerprint density at radius 1 is 1.36 bits per heavy atom. The minimum Gasteiger partial charge on any atom is -0.211 e. The first-order chi connectivity index (χ1) is 5.21. The third-order valence-corrected chi connectivity index (χ3v) is 2.81. The van der Waals surface area contributed by atoms with Gasteiger partial charge < -0.3 is 0 Å². The molecule has 0 radical (unpaired) electrons. The van der Waals surface area contributed by atoms with Gasteiger partial charge in [0.2, 0.25) is 6.08 Å². The second-order valence-corrected chi connectivity index (χ2v) is 3.67. The highest BCUT2D eigenvalue weighted by Crippen LogP contribution is 2.38. The Morgan fingerprint density at radius 3 is 2.27 bits per heavy atom. The molecule has 0 unspecified atom stereocenters. The number of isocyanates is 1. The van der Waals surface area contributed by atoms with Crippen molar-refractivity contribution in [3.8, 4) is 0 Å². The van der Waals surface area contributed by atoms with Gasteiger partial charge in [0, 0.05) is 0 Å². The third-order valence-electron chi connectivity index (χ3n) is 2.81. The summed E-state index contributed by atoms with van der Waals surface area (Å²) in [4.78, 5) is 14.1. The highest BCUT2D eigenvalue weighted by atomic mass is 16.1. The Hall–Kier alpha value is -0.620. The summed E-state index contributed by atoms with van der Waals surface area (Å²) in [5.74, 6) is 0.478. The Morgan fingerprint density at radius 2 is 1.91 bits per heavy atom. The van der Waals surface area contributed by atoms with Crippen molar-refractivity contribution in [1.29, 1.82) is 0 Å². The van der Waals surface area contributed by atoms with Gasteiger partial charge in [-0.3, -0.25) is 0 Å². The Labute approximate surface area is 67.7 Å². The van der Waals surface area contributed by atoms with Crippen LogP contribution in [0.3, 0.4) is 0 Å². The minimum atomic E-state index is -0.0538. The SMILES string of the molecule is CC(C)C1(N=C=O)CCCC1. The molecule has 2 nitrogen and oxygen atoms in total. The van der Waals surface area contributed by atoms with Crippen LogP contribution in [-0.2, 0) is 4.79 Å². The Kier molecular flexibility index (Phi) is 2.45. The molecule has 1 rings (SSSR count). The molecule has 0 aromatic rings. The van der Waals surface area contributed by atoms with Crippen LogP contribution in [0.2, 0.25) is 0 Å². The molecule has 0 atom stereocenters. The molecule has 0 bridgehead atoms. The highest BCUT2D eigenvalue weighted by Gasteiger charge is 2.36. The predicted octanol–water partition coefficient (Wildman–Crippen LogP) is 2.29. The summed E-state index contributed by atoms with van der Waals surface area (Å²) in [5.41, 5.74) is -0.0538. The maximum Gasteiger partial charge on any atom is 0.235 e. The van der Waals surface area contributed by atoms with Gasteiger partial charge >= 0.3 is 0 Å². The molecule has 1 aliphatic carbocycles. The fourth-order valence-electron chi connectivity index (χ4n) is 1.90. The zero-order valence-corrected chi connectivity index (χ0v) is 7.26. The van der Waals surface area contributed by atoms with E-state index in [0.29, 0.717) is 5.92 Å². The number of aliphatic imine (C=N–C) groups is 1. The first-order valence-corrected chi connectivity index (χ1v) is 4.30. The molecule has 1 saturated carbocycles. The fraction of sp³-hybridized carbons (Fsp3) is 0.889. The summed E-state index contributed by atoms with van der Waals surface area (Å²) in [6.07, 6.45) is 6.27. The highest BCUT2D eigenvalue weighted by molar-refractivity contribution is 5.35. The second-order valence-electron chi connectivity index (χ2n) is 3.67. The van der Waals surface area contributed by atoms with Gasteiger partial charge in [-0.1, -0.05) is 26.7 Å². The summed E-state index contributed by atoms with van der Waals surface area (Å²) < 4.78 is 0. The third kappa shape index (κ3) is 1.51. The standard InChI is InChI=1S/C9H15NO/c1-8(2)9(10-7-11)5-3-4-6-9/h8H,3-6H2,1-2H3. The van der Waals surface area contributed by atoms with Gasteiger partial charge in [-0.15, -0.1) is 0 Å². The number of carbonyl (C=O) groups excluding carboxylic acids is 1. The summed E-state index contributed by atoms with van der Waals surface area (Å²) in [6.45, 7) is 4.26. The fourth-order valence-corrected chi connectivity index (χ4v) is 1.90. The lowest BCUT2D eigenvalue weighted by molar-refractivity contribution is 0.319. The minimum absolute atomic E-state index is 0.0538. The van der Waals surface area contributed by atoms with Crippen molar-refractivity contribution in [2.24, 2.45) is 10.9 Å². The van der Waals surface area contributed by atoms with E-state index in [1.54, 1.807) is 6.08 Å². The summed E-state index contributed by atoms with van der Waals surface area (Å²) in [5, 5.41) is 0. The van der Waals surface area contributed by atoms with Crippen LogP contribution < -0.4 is 0 Å². The monoisotopic (exact) mass is 153 g/mol. The molecular formula is C9H15NO. The van der Waals surface area contributed by atoms with Crippen molar-refractivity contribution in [1.82, 2.24) is 0 Å². The van der Waals surface area contributed by atoms with Crippen molar-refractivity contribution in [3.63, 3.8) is 0 Å². The molecule has 0 amide bonds. The van der Waals surface area contributed by atoms with Crippen LogP contribution in [0.15, 0.2) is 4.99 Å². The van der Waals surface area contributed by atoms with Crippen LogP contribution in [0.5, 0.6) is 0 Å². The van der Waals surface area contributed by atoms with Gasteiger partial charge in [0.05, 0.1) is 5.54 Å². The summed E-state index contributed by atoms with van der Waals surface area (Å²) in [7, 11) is 0. The van der Waals surface area contributed by atoms with Crippen LogP contribution in [0.4, 0.5) is 0 Å². The Balaban J connectivity index is 2.78. The van der Waals surface area contributed by atoms with Gasteiger partial charge in [-0.05, 0) is 18.8 Å². The lowest BCUT2D eigenvalue weighted by Gasteiger charge is -2.26. The molecule has 0 N–H and O–H groups in total. The average molecular weight is 153 g/mol. The quantitative estimate of drug-likeness (QED) is 0.442. The molecule has 62 valence electrons. The van der Waals surface area contributed by atoms with Crippen molar-refractivity contribution in [2.75, 3.05) is 0 Å². The number of hydrogen-bond acceptors (Lipinski definition) is 2. The molecule has 0 aliphatic heterocycles. The van der Waals surface area contributed by atoms with Gasteiger partial charge in [0.1, 0.15) is 0 Å². The van der Waals surface area contributed by atoms with Crippen LogP contribution >= 0.6 is 0 Å². The maximum atomic E-state index is 10.2. The molecule has 1 fully saturated rings. The predicted molar refractivity (Wildman–Crippen MR) is 44.2 cm³/mol. The second kappa shape index (κ2) is 3.19. The van der Waals surface area contributed by atoms with Crippen molar-refractivity contribution < 1.29 is 4.79 Å². The zero-order chi connectivity index (χ0) is 8.32. The van der Waals surface area contributed by atoms with Crippen molar-refractivity contribution >= 4 is 6.08 Å². The number of rotatable bonds is 2. The van der Waals surface area contributed by atoms with Crippen LogP contribution in [-0.4, -0.2) is 11.6 Å². The van der Waals surface area contributed by atoms with E-state index in [1.807, 2.05) is 0 Å².